The summed E-state index contributed by atoms with van der Waals surface area (Å²) < 4.78 is 46.1. The number of nitrogens with zero attached hydrogens (tertiary/aromatic N) is 1. The Bertz CT molecular complexity index is 1900. The van der Waals surface area contributed by atoms with Crippen LogP contribution in [0.2, 0.25) is 0 Å². The first-order valence-electron chi connectivity index (χ1n) is 16.6. The van der Waals surface area contributed by atoms with E-state index >= 15 is 4.39 Å². The van der Waals surface area contributed by atoms with E-state index in [1.165, 1.54) is 49.7 Å². The zero-order chi connectivity index (χ0) is 36.4. The van der Waals surface area contributed by atoms with Gasteiger partial charge in [-0.15, -0.1) is 0 Å². The number of aromatic nitrogens is 1. The maximum Gasteiger partial charge on any atom is 0.230 e. The maximum atomic E-state index is 15.3. The minimum absolute atomic E-state index is 0.0375. The molecule has 1 amide bonds. The number of unbranched alkanes of at least 4 members (excludes halogenated alkanes) is 2. The van der Waals surface area contributed by atoms with Crippen molar-refractivity contribution in [2.24, 2.45) is 11.1 Å². The molecule has 4 aromatic rings. The lowest BCUT2D eigenvalue weighted by Crippen LogP contribution is -2.28. The number of fused-ring (bicyclic) bond motifs is 1. The highest BCUT2D eigenvalue weighted by Gasteiger charge is 2.54. The summed E-state index contributed by atoms with van der Waals surface area (Å²) >= 11 is 0.902. The number of carbonyl (C=O) groups excluding carboxylic acids is 4. The SMILES string of the molecule is COc1cc2c(Oc3ccc(CC(=O)C4(C(=O)Cc5ccc(F)cc5)CC4)cc3F)ccnc2cc1OCCCCCNC(=O)CSC(=O)CN. The van der Waals surface area contributed by atoms with Crippen LogP contribution in [0.3, 0.4) is 0 Å². The molecule has 5 rings (SSSR count). The van der Waals surface area contributed by atoms with Gasteiger partial charge in [0.15, 0.2) is 34.6 Å². The third-order valence-electron chi connectivity index (χ3n) is 8.60. The average molecular weight is 720 g/mol. The van der Waals surface area contributed by atoms with Crippen LogP contribution in [-0.4, -0.2) is 60.1 Å². The van der Waals surface area contributed by atoms with Crippen molar-refractivity contribution in [2.75, 3.05) is 32.6 Å². The van der Waals surface area contributed by atoms with Crippen LogP contribution in [0.25, 0.3) is 10.9 Å². The molecule has 1 heterocycles. The fourth-order valence-corrected chi connectivity index (χ4v) is 6.08. The molecule has 0 aliphatic heterocycles. The van der Waals surface area contributed by atoms with Gasteiger partial charge in [-0.05, 0) is 79.6 Å². The Morgan fingerprint density at radius 2 is 1.59 bits per heavy atom. The Morgan fingerprint density at radius 3 is 2.27 bits per heavy atom. The molecule has 1 aliphatic carbocycles. The quantitative estimate of drug-likeness (QED) is 0.0887. The van der Waals surface area contributed by atoms with Gasteiger partial charge in [0.25, 0.3) is 0 Å². The van der Waals surface area contributed by atoms with Gasteiger partial charge in [-0.3, -0.25) is 24.2 Å². The number of benzene rings is 3. The standard InChI is InChI=1S/C38H39F2N3O7S/c1-48-32-20-27-29(21-33(32)49-16-4-2-3-14-43-36(46)23-51-37(47)22-41)42-15-11-30(27)50-31-10-7-25(17-28(31)40)19-35(45)38(12-13-38)34(44)18-24-5-8-26(39)9-6-24/h5-11,15,17,20-21H,2-4,12-14,16,18-19,22-23,41H2,1H3,(H,43,46). The number of Topliss-reactive ketones (excluding diaryl/α,β-unsaturated/α-hetero) is 2. The Morgan fingerprint density at radius 1 is 0.863 bits per heavy atom. The summed E-state index contributed by atoms with van der Waals surface area (Å²) in [6.07, 6.45) is 4.64. The lowest BCUT2D eigenvalue weighted by Gasteiger charge is -2.15. The number of nitrogens with one attached hydrogen (secondary N) is 1. The molecule has 0 unspecified atom stereocenters. The van der Waals surface area contributed by atoms with Crippen LogP contribution < -0.4 is 25.3 Å². The molecule has 0 spiro atoms. The third-order valence-corrected chi connectivity index (χ3v) is 9.49. The number of ketones is 2. The summed E-state index contributed by atoms with van der Waals surface area (Å²) in [6, 6.07) is 15.0. The van der Waals surface area contributed by atoms with Crippen molar-refractivity contribution in [3.8, 4) is 23.0 Å². The van der Waals surface area contributed by atoms with Crippen molar-refractivity contribution in [1.82, 2.24) is 10.3 Å². The molecule has 1 fully saturated rings. The number of hydrogen-bond acceptors (Lipinski definition) is 10. The lowest BCUT2D eigenvalue weighted by atomic mass is 9.88. The summed E-state index contributed by atoms with van der Waals surface area (Å²) in [6.45, 7) is 0.795. The highest BCUT2D eigenvalue weighted by atomic mass is 32.2. The molecule has 13 heteroatoms. The summed E-state index contributed by atoms with van der Waals surface area (Å²) in [4.78, 5) is 53.6. The van der Waals surface area contributed by atoms with Crippen molar-refractivity contribution in [3.63, 3.8) is 0 Å². The predicted octanol–water partition coefficient (Wildman–Crippen LogP) is 5.90. The molecule has 0 radical (unpaired) electrons. The number of methoxy groups -OCH3 is 1. The Labute approximate surface area is 298 Å². The average Bonchev–Trinajstić information content (AvgIpc) is 3.95. The van der Waals surface area contributed by atoms with Crippen molar-refractivity contribution in [2.45, 2.75) is 44.9 Å². The van der Waals surface area contributed by atoms with Gasteiger partial charge in [0, 0.05) is 37.0 Å². The Hall–Kier alpha value is -4.88. The molecular weight excluding hydrogens is 680 g/mol. The van der Waals surface area contributed by atoms with E-state index < -0.39 is 17.0 Å². The first-order chi connectivity index (χ1) is 24.6. The Balaban J connectivity index is 1.15. The van der Waals surface area contributed by atoms with E-state index in [4.69, 9.17) is 19.9 Å². The second kappa shape index (κ2) is 17.4. The summed E-state index contributed by atoms with van der Waals surface area (Å²) in [5.74, 6) is -0.480. The number of rotatable bonds is 19. The van der Waals surface area contributed by atoms with Crippen molar-refractivity contribution in [3.05, 3.63) is 89.6 Å². The third kappa shape index (κ3) is 9.89. The second-order valence-electron chi connectivity index (χ2n) is 12.2. The van der Waals surface area contributed by atoms with Gasteiger partial charge >= 0.3 is 0 Å². The summed E-state index contributed by atoms with van der Waals surface area (Å²) in [5, 5.41) is 3.12. The number of thioether (sulfide) groups is 1. The summed E-state index contributed by atoms with van der Waals surface area (Å²) in [5.41, 5.74) is 5.76. The van der Waals surface area contributed by atoms with E-state index in [9.17, 15) is 23.6 Å². The topological polar surface area (TPSA) is 147 Å². The highest BCUT2D eigenvalue weighted by Crippen LogP contribution is 2.49. The molecular formula is C38H39F2N3O7S. The normalized spacial score (nSPS) is 13.0. The number of pyridine rings is 1. The van der Waals surface area contributed by atoms with Crippen LogP contribution in [0.15, 0.2) is 66.9 Å². The van der Waals surface area contributed by atoms with Gasteiger partial charge in [-0.2, -0.15) is 0 Å². The van der Waals surface area contributed by atoms with Gasteiger partial charge < -0.3 is 25.3 Å². The van der Waals surface area contributed by atoms with Crippen LogP contribution in [-0.2, 0) is 32.0 Å². The van der Waals surface area contributed by atoms with E-state index in [0.29, 0.717) is 65.3 Å². The number of hydrogen-bond donors (Lipinski definition) is 2. The number of carbonyl (C=O) groups is 4. The lowest BCUT2D eigenvalue weighted by molar-refractivity contribution is -0.134. The van der Waals surface area contributed by atoms with E-state index in [-0.39, 0.29) is 53.5 Å². The number of halogens is 2. The predicted molar refractivity (Wildman–Crippen MR) is 189 cm³/mol. The minimum atomic E-state index is -1.08. The molecule has 10 nitrogen and oxygen atoms in total. The van der Waals surface area contributed by atoms with Crippen LogP contribution in [0.5, 0.6) is 23.0 Å². The number of ether oxygens (including phenoxy) is 3. The minimum Gasteiger partial charge on any atom is -0.493 e. The zero-order valence-electron chi connectivity index (χ0n) is 28.2. The van der Waals surface area contributed by atoms with Crippen molar-refractivity contribution in [1.29, 1.82) is 0 Å². The van der Waals surface area contributed by atoms with Gasteiger partial charge in [0.1, 0.15) is 11.6 Å². The zero-order valence-corrected chi connectivity index (χ0v) is 29.0. The molecule has 268 valence electrons. The summed E-state index contributed by atoms with van der Waals surface area (Å²) in [7, 11) is 1.51. The van der Waals surface area contributed by atoms with Crippen molar-refractivity contribution < 1.29 is 42.2 Å². The van der Waals surface area contributed by atoms with Gasteiger partial charge in [0.05, 0.1) is 36.9 Å². The molecule has 3 aromatic carbocycles. The maximum absolute atomic E-state index is 15.3. The fourth-order valence-electron chi connectivity index (χ4n) is 5.56. The van der Waals surface area contributed by atoms with E-state index in [0.717, 1.165) is 31.0 Å². The van der Waals surface area contributed by atoms with Crippen LogP contribution in [0.4, 0.5) is 8.78 Å². The molecule has 0 saturated heterocycles. The van der Waals surface area contributed by atoms with E-state index in [1.54, 1.807) is 24.3 Å². The number of nitrogens with two attached hydrogens (primary N) is 1. The molecule has 0 atom stereocenters. The smallest absolute Gasteiger partial charge is 0.230 e. The first kappa shape index (κ1) is 37.4. The fraction of sp³-hybridized carbons (Fsp3) is 0.342. The van der Waals surface area contributed by atoms with Crippen LogP contribution >= 0.6 is 11.8 Å². The van der Waals surface area contributed by atoms with Gasteiger partial charge in [0.2, 0.25) is 11.0 Å². The van der Waals surface area contributed by atoms with E-state index in [2.05, 4.69) is 10.3 Å². The van der Waals surface area contributed by atoms with E-state index in [1.807, 2.05) is 0 Å². The van der Waals surface area contributed by atoms with Crippen LogP contribution in [0.1, 0.15) is 43.2 Å². The Kier molecular flexibility index (Phi) is 12.7. The molecule has 1 saturated carbocycles. The molecule has 0 bridgehead atoms. The van der Waals surface area contributed by atoms with Crippen LogP contribution in [0, 0.1) is 17.0 Å². The molecule has 3 N–H and O–H groups in total. The molecule has 1 aliphatic rings. The highest BCUT2D eigenvalue weighted by molar-refractivity contribution is 8.14. The largest absolute Gasteiger partial charge is 0.493 e. The molecule has 1 aromatic heterocycles. The monoisotopic (exact) mass is 719 g/mol. The second-order valence-corrected chi connectivity index (χ2v) is 13.3. The van der Waals surface area contributed by atoms with Crippen molar-refractivity contribution >= 4 is 45.3 Å². The van der Waals surface area contributed by atoms with Gasteiger partial charge in [-0.1, -0.05) is 30.0 Å². The first-order valence-corrected chi connectivity index (χ1v) is 17.6. The molecule has 51 heavy (non-hydrogen) atoms. The van der Waals surface area contributed by atoms with Gasteiger partial charge in [-0.25, -0.2) is 8.78 Å². The number of amides is 1.